The fraction of sp³-hybridized carbons (Fsp3) is 0.263. The number of nitrogens with zero attached hydrogens (tertiary/aromatic N) is 2. The molecule has 1 amide bonds. The van der Waals surface area contributed by atoms with Crippen molar-refractivity contribution in [3.63, 3.8) is 0 Å². The van der Waals surface area contributed by atoms with Crippen LogP contribution >= 0.6 is 22.7 Å². The summed E-state index contributed by atoms with van der Waals surface area (Å²) in [5.41, 5.74) is 1.24. The molecule has 10 heteroatoms. The molecule has 2 aromatic heterocycles. The summed E-state index contributed by atoms with van der Waals surface area (Å²) in [5.74, 6) is 0.487. The Morgan fingerprint density at radius 3 is 2.55 bits per heavy atom. The predicted octanol–water partition coefficient (Wildman–Crippen LogP) is 3.45. The number of ether oxygens (including phenoxy) is 1. The number of carbonyl (C=O) groups is 1. The quantitative estimate of drug-likeness (QED) is 0.567. The van der Waals surface area contributed by atoms with Crippen LogP contribution in [0.25, 0.3) is 10.6 Å². The van der Waals surface area contributed by atoms with Crippen LogP contribution in [0.15, 0.2) is 46.0 Å². The van der Waals surface area contributed by atoms with Crippen molar-refractivity contribution in [3.05, 3.63) is 52.3 Å². The van der Waals surface area contributed by atoms with Gasteiger partial charge in [-0.1, -0.05) is 0 Å². The van der Waals surface area contributed by atoms with Gasteiger partial charge in [-0.25, -0.2) is 17.7 Å². The van der Waals surface area contributed by atoms with Gasteiger partial charge in [0.2, 0.25) is 0 Å². The number of hydrogen-bond acceptors (Lipinski definition) is 7. The SMILES string of the molecule is CCOc1ccc(-c2nc(C(=O)NCc3ccc(S(=O)(=O)N(C)C)s3)cs2)cc1. The Hall–Kier alpha value is -2.27. The van der Waals surface area contributed by atoms with Crippen LogP contribution in [0.5, 0.6) is 5.75 Å². The van der Waals surface area contributed by atoms with Gasteiger partial charge in [0.1, 0.15) is 20.7 Å². The first-order chi connectivity index (χ1) is 13.8. The summed E-state index contributed by atoms with van der Waals surface area (Å²) < 4.78 is 31.1. The molecule has 0 spiro atoms. The first kappa shape index (κ1) is 21.4. The molecule has 2 heterocycles. The number of rotatable bonds is 8. The lowest BCUT2D eigenvalue weighted by Crippen LogP contribution is -2.22. The second-order valence-electron chi connectivity index (χ2n) is 6.19. The minimum absolute atomic E-state index is 0.238. The van der Waals surface area contributed by atoms with Gasteiger partial charge in [-0.3, -0.25) is 4.79 Å². The van der Waals surface area contributed by atoms with Gasteiger partial charge in [0, 0.05) is 29.9 Å². The van der Waals surface area contributed by atoms with E-state index >= 15 is 0 Å². The van der Waals surface area contributed by atoms with E-state index in [-0.39, 0.29) is 16.7 Å². The molecular formula is C19H21N3O4S3. The number of thiazole rings is 1. The number of aromatic nitrogens is 1. The molecule has 0 atom stereocenters. The summed E-state index contributed by atoms with van der Waals surface area (Å²) >= 11 is 2.53. The maximum absolute atomic E-state index is 12.4. The van der Waals surface area contributed by atoms with E-state index in [0.29, 0.717) is 12.3 Å². The maximum atomic E-state index is 12.4. The van der Waals surface area contributed by atoms with Crippen molar-refractivity contribution in [2.45, 2.75) is 17.7 Å². The van der Waals surface area contributed by atoms with E-state index in [4.69, 9.17) is 4.74 Å². The van der Waals surface area contributed by atoms with Crippen LogP contribution < -0.4 is 10.1 Å². The smallest absolute Gasteiger partial charge is 0.271 e. The van der Waals surface area contributed by atoms with E-state index in [9.17, 15) is 13.2 Å². The van der Waals surface area contributed by atoms with Crippen molar-refractivity contribution in [3.8, 4) is 16.3 Å². The number of nitrogens with one attached hydrogen (secondary N) is 1. The highest BCUT2D eigenvalue weighted by Gasteiger charge is 2.20. The van der Waals surface area contributed by atoms with Crippen molar-refractivity contribution in [2.75, 3.05) is 20.7 Å². The summed E-state index contributed by atoms with van der Waals surface area (Å²) in [7, 11) is -0.488. The molecule has 0 saturated heterocycles. The third-order valence-corrected chi connectivity index (χ3v) is 8.20. The van der Waals surface area contributed by atoms with Crippen molar-refractivity contribution < 1.29 is 17.9 Å². The number of amides is 1. The Morgan fingerprint density at radius 1 is 1.17 bits per heavy atom. The first-order valence-corrected chi connectivity index (χ1v) is 11.9. The Morgan fingerprint density at radius 2 is 1.90 bits per heavy atom. The van der Waals surface area contributed by atoms with Crippen LogP contribution in [0.1, 0.15) is 22.3 Å². The van der Waals surface area contributed by atoms with Crippen molar-refractivity contribution in [2.24, 2.45) is 0 Å². The monoisotopic (exact) mass is 451 g/mol. The van der Waals surface area contributed by atoms with Crippen molar-refractivity contribution in [1.82, 2.24) is 14.6 Å². The van der Waals surface area contributed by atoms with Gasteiger partial charge in [-0.05, 0) is 43.3 Å². The minimum atomic E-state index is -3.46. The number of carbonyl (C=O) groups excluding carboxylic acids is 1. The molecule has 1 aromatic carbocycles. The van der Waals surface area contributed by atoms with E-state index in [0.717, 1.165) is 32.5 Å². The second-order valence-corrected chi connectivity index (χ2v) is 10.6. The fourth-order valence-electron chi connectivity index (χ4n) is 2.40. The van der Waals surface area contributed by atoms with Crippen molar-refractivity contribution >= 4 is 38.6 Å². The molecule has 3 aromatic rings. The molecule has 3 rings (SSSR count). The number of thiophene rings is 1. The van der Waals surface area contributed by atoms with Gasteiger partial charge in [-0.2, -0.15) is 0 Å². The van der Waals surface area contributed by atoms with E-state index < -0.39 is 10.0 Å². The topological polar surface area (TPSA) is 88.6 Å². The fourth-order valence-corrected chi connectivity index (χ4v) is 5.67. The standard InChI is InChI=1S/C19H21N3O4S3/c1-4-26-14-7-5-13(6-8-14)19-21-16(12-27-19)18(23)20-11-15-9-10-17(28-15)29(24,25)22(2)3/h5-10,12H,4,11H2,1-3H3,(H,20,23). The van der Waals surface area contributed by atoms with Gasteiger partial charge in [0.25, 0.3) is 15.9 Å². The van der Waals surface area contributed by atoms with Gasteiger partial charge in [-0.15, -0.1) is 22.7 Å². The number of benzene rings is 1. The molecule has 0 radical (unpaired) electrons. The van der Waals surface area contributed by atoms with Gasteiger partial charge in [0.05, 0.1) is 13.2 Å². The highest BCUT2D eigenvalue weighted by molar-refractivity contribution is 7.91. The van der Waals surface area contributed by atoms with Crippen LogP contribution in [0.3, 0.4) is 0 Å². The third kappa shape index (κ3) is 5.02. The molecule has 0 saturated carbocycles. The Labute approximate surface area is 178 Å². The Kier molecular flexibility index (Phi) is 6.68. The molecule has 1 N–H and O–H groups in total. The average Bonchev–Trinajstić information content (AvgIpc) is 3.37. The Bertz CT molecular complexity index is 1090. The van der Waals surface area contributed by atoms with E-state index in [1.165, 1.54) is 29.7 Å². The molecule has 154 valence electrons. The zero-order chi connectivity index (χ0) is 21.0. The zero-order valence-corrected chi connectivity index (χ0v) is 18.7. The van der Waals surface area contributed by atoms with Gasteiger partial charge < -0.3 is 10.1 Å². The average molecular weight is 452 g/mol. The highest BCUT2D eigenvalue weighted by Crippen LogP contribution is 2.26. The molecule has 7 nitrogen and oxygen atoms in total. The molecule has 0 aliphatic heterocycles. The van der Waals surface area contributed by atoms with Crippen LogP contribution in [-0.2, 0) is 16.6 Å². The minimum Gasteiger partial charge on any atom is -0.494 e. The molecule has 0 unspecified atom stereocenters. The summed E-state index contributed by atoms with van der Waals surface area (Å²) in [6.45, 7) is 2.77. The third-order valence-electron chi connectivity index (χ3n) is 3.94. The second kappa shape index (κ2) is 9.04. The molecule has 29 heavy (non-hydrogen) atoms. The lowest BCUT2D eigenvalue weighted by molar-refractivity contribution is 0.0947. The number of hydrogen-bond donors (Lipinski definition) is 1. The molecule has 0 bridgehead atoms. The summed E-state index contributed by atoms with van der Waals surface area (Å²) in [5, 5.41) is 5.24. The lowest BCUT2D eigenvalue weighted by atomic mass is 10.2. The van der Waals surface area contributed by atoms with E-state index in [1.54, 1.807) is 17.5 Å². The van der Waals surface area contributed by atoms with E-state index in [2.05, 4.69) is 10.3 Å². The van der Waals surface area contributed by atoms with Crippen LogP contribution in [0.4, 0.5) is 0 Å². The van der Waals surface area contributed by atoms with Crippen LogP contribution in [-0.4, -0.2) is 44.3 Å². The summed E-state index contributed by atoms with van der Waals surface area (Å²) in [4.78, 5) is 17.6. The summed E-state index contributed by atoms with van der Waals surface area (Å²) in [6, 6.07) is 10.8. The normalized spacial score (nSPS) is 11.6. The Balaban J connectivity index is 1.63. The van der Waals surface area contributed by atoms with Crippen LogP contribution in [0, 0.1) is 0 Å². The molecule has 0 aliphatic carbocycles. The summed E-state index contributed by atoms with van der Waals surface area (Å²) in [6.07, 6.45) is 0. The zero-order valence-electron chi connectivity index (χ0n) is 16.2. The van der Waals surface area contributed by atoms with Gasteiger partial charge >= 0.3 is 0 Å². The largest absolute Gasteiger partial charge is 0.494 e. The highest BCUT2D eigenvalue weighted by atomic mass is 32.2. The first-order valence-electron chi connectivity index (χ1n) is 8.79. The molecule has 0 aliphatic rings. The number of sulfonamides is 1. The maximum Gasteiger partial charge on any atom is 0.271 e. The predicted molar refractivity (Wildman–Crippen MR) is 115 cm³/mol. The molecular weight excluding hydrogens is 430 g/mol. The lowest BCUT2D eigenvalue weighted by Gasteiger charge is -2.08. The van der Waals surface area contributed by atoms with Crippen LogP contribution in [0.2, 0.25) is 0 Å². The van der Waals surface area contributed by atoms with Gasteiger partial charge in [0.15, 0.2) is 0 Å². The van der Waals surface area contributed by atoms with E-state index in [1.807, 2.05) is 31.2 Å². The van der Waals surface area contributed by atoms with Crippen molar-refractivity contribution in [1.29, 1.82) is 0 Å². The molecule has 0 fully saturated rings.